The fraction of sp³-hybridized carbons (Fsp3) is 0.571. The van der Waals surface area contributed by atoms with E-state index in [-0.39, 0.29) is 11.7 Å². The molecule has 0 heterocycles. The minimum atomic E-state index is -0.571. The van der Waals surface area contributed by atoms with Gasteiger partial charge in [-0.15, -0.1) is 0 Å². The van der Waals surface area contributed by atoms with E-state index in [2.05, 4.69) is 12.2 Å². The molecule has 0 radical (unpaired) electrons. The van der Waals surface area contributed by atoms with Crippen LogP contribution in [-0.4, -0.2) is 11.0 Å². The van der Waals surface area contributed by atoms with Gasteiger partial charge in [0.15, 0.2) is 0 Å². The molecule has 1 aromatic rings. The molecule has 2 rings (SSSR count). The Morgan fingerprint density at radius 2 is 2.00 bits per heavy atom. The zero-order chi connectivity index (χ0) is 13.8. The second kappa shape index (κ2) is 5.99. The van der Waals surface area contributed by atoms with Crippen LogP contribution in [0.15, 0.2) is 18.2 Å². The van der Waals surface area contributed by atoms with Crippen LogP contribution < -0.4 is 5.32 Å². The van der Waals surface area contributed by atoms with E-state index in [0.717, 1.165) is 25.3 Å². The van der Waals surface area contributed by atoms with Crippen LogP contribution in [0.3, 0.4) is 0 Å². The summed E-state index contributed by atoms with van der Waals surface area (Å²) >= 11 is 0. The normalized spacial score (nSPS) is 23.7. The first kappa shape index (κ1) is 13.8. The third-order valence-electron chi connectivity index (χ3n) is 3.81. The van der Waals surface area contributed by atoms with Gasteiger partial charge in [-0.3, -0.25) is 10.1 Å². The summed E-state index contributed by atoms with van der Waals surface area (Å²) in [4.78, 5) is 10.2. The molecule has 1 aliphatic carbocycles. The second-order valence-corrected chi connectivity index (χ2v) is 5.32. The molecule has 1 N–H and O–H groups in total. The van der Waals surface area contributed by atoms with Crippen LogP contribution >= 0.6 is 0 Å². The van der Waals surface area contributed by atoms with Gasteiger partial charge in [-0.1, -0.05) is 26.2 Å². The summed E-state index contributed by atoms with van der Waals surface area (Å²) in [5.41, 5.74) is 0.300. The van der Waals surface area contributed by atoms with Gasteiger partial charge in [-0.2, -0.15) is 0 Å². The van der Waals surface area contributed by atoms with Gasteiger partial charge in [0.1, 0.15) is 5.82 Å². The molecule has 2 atom stereocenters. The summed E-state index contributed by atoms with van der Waals surface area (Å²) in [5, 5.41) is 14.0. The second-order valence-electron chi connectivity index (χ2n) is 5.32. The van der Waals surface area contributed by atoms with E-state index in [9.17, 15) is 14.5 Å². The topological polar surface area (TPSA) is 55.2 Å². The standard InChI is InChI=1S/C14H19FN2O2/c1-10-5-3-2-4-6-14(10)16-12-7-11(15)8-13(9-12)17(18)19/h7-10,14,16H,2-6H2,1H3. The van der Waals surface area contributed by atoms with E-state index in [1.54, 1.807) is 0 Å². The minimum Gasteiger partial charge on any atom is -0.382 e. The Labute approximate surface area is 112 Å². The van der Waals surface area contributed by atoms with Crippen molar-refractivity contribution in [2.75, 3.05) is 5.32 Å². The van der Waals surface area contributed by atoms with Gasteiger partial charge in [-0.25, -0.2) is 4.39 Å². The van der Waals surface area contributed by atoms with Crippen molar-refractivity contribution in [2.45, 2.75) is 45.1 Å². The van der Waals surface area contributed by atoms with Crippen LogP contribution in [0.1, 0.15) is 39.0 Å². The predicted molar refractivity (Wildman–Crippen MR) is 72.7 cm³/mol. The van der Waals surface area contributed by atoms with Crippen LogP contribution in [0.25, 0.3) is 0 Å². The first-order chi connectivity index (χ1) is 9.06. The molecule has 104 valence electrons. The summed E-state index contributed by atoms with van der Waals surface area (Å²) < 4.78 is 13.4. The summed E-state index contributed by atoms with van der Waals surface area (Å²) in [6.07, 6.45) is 5.79. The van der Waals surface area contributed by atoms with Crippen LogP contribution in [0.2, 0.25) is 0 Å². The van der Waals surface area contributed by atoms with E-state index in [0.29, 0.717) is 11.6 Å². The zero-order valence-electron chi connectivity index (χ0n) is 11.1. The molecule has 4 nitrogen and oxygen atoms in total. The molecule has 0 spiro atoms. The number of nitro groups is 1. The summed E-state index contributed by atoms with van der Waals surface area (Å²) in [6.45, 7) is 2.18. The summed E-state index contributed by atoms with van der Waals surface area (Å²) in [5.74, 6) is -0.0669. The molecule has 2 unspecified atom stereocenters. The van der Waals surface area contributed by atoms with Crippen molar-refractivity contribution in [3.05, 3.63) is 34.1 Å². The van der Waals surface area contributed by atoms with Crippen LogP contribution in [0, 0.1) is 21.8 Å². The Bertz CT molecular complexity index is 465. The first-order valence-corrected chi connectivity index (χ1v) is 6.78. The third-order valence-corrected chi connectivity index (χ3v) is 3.81. The lowest BCUT2D eigenvalue weighted by molar-refractivity contribution is -0.385. The fourth-order valence-electron chi connectivity index (χ4n) is 2.68. The molecule has 0 saturated heterocycles. The average Bonchev–Trinajstić information content (AvgIpc) is 2.54. The highest BCUT2D eigenvalue weighted by Gasteiger charge is 2.20. The van der Waals surface area contributed by atoms with Crippen molar-refractivity contribution in [3.8, 4) is 0 Å². The van der Waals surface area contributed by atoms with Crippen molar-refractivity contribution in [3.63, 3.8) is 0 Å². The number of hydrogen-bond donors (Lipinski definition) is 1. The van der Waals surface area contributed by atoms with Crippen molar-refractivity contribution in [2.24, 2.45) is 5.92 Å². The SMILES string of the molecule is CC1CCCCCC1Nc1cc(F)cc([N+](=O)[O-])c1. The number of benzene rings is 1. The molecule has 0 aliphatic heterocycles. The quantitative estimate of drug-likeness (QED) is 0.508. The van der Waals surface area contributed by atoms with Crippen LogP contribution in [0.5, 0.6) is 0 Å². The molecule has 0 aromatic heterocycles. The monoisotopic (exact) mass is 266 g/mol. The van der Waals surface area contributed by atoms with E-state index in [1.807, 2.05) is 0 Å². The lowest BCUT2D eigenvalue weighted by Crippen LogP contribution is -2.26. The summed E-state index contributed by atoms with van der Waals surface area (Å²) in [6, 6.07) is 3.94. The number of nitro benzene ring substituents is 1. The van der Waals surface area contributed by atoms with Gasteiger partial charge in [-0.05, 0) is 24.8 Å². The zero-order valence-corrected chi connectivity index (χ0v) is 11.1. The molecule has 1 fully saturated rings. The Hall–Kier alpha value is -1.65. The highest BCUT2D eigenvalue weighted by molar-refractivity contribution is 5.52. The maximum absolute atomic E-state index is 13.4. The molecule has 5 heteroatoms. The average molecular weight is 266 g/mol. The molecule has 0 amide bonds. The number of halogens is 1. The van der Waals surface area contributed by atoms with Gasteiger partial charge >= 0.3 is 0 Å². The Balaban J connectivity index is 2.15. The number of nitrogens with zero attached hydrogens (tertiary/aromatic N) is 1. The largest absolute Gasteiger partial charge is 0.382 e. The molecule has 19 heavy (non-hydrogen) atoms. The van der Waals surface area contributed by atoms with Gasteiger partial charge in [0, 0.05) is 17.8 Å². The maximum Gasteiger partial charge on any atom is 0.274 e. The Kier molecular flexibility index (Phi) is 4.35. The maximum atomic E-state index is 13.4. The fourth-order valence-corrected chi connectivity index (χ4v) is 2.68. The highest BCUT2D eigenvalue weighted by atomic mass is 19.1. The Morgan fingerprint density at radius 1 is 1.26 bits per heavy atom. The van der Waals surface area contributed by atoms with Crippen molar-refractivity contribution in [1.29, 1.82) is 0 Å². The van der Waals surface area contributed by atoms with E-state index in [1.165, 1.54) is 25.0 Å². The van der Waals surface area contributed by atoms with Crippen LogP contribution in [0.4, 0.5) is 15.8 Å². The van der Waals surface area contributed by atoms with E-state index < -0.39 is 10.7 Å². The first-order valence-electron chi connectivity index (χ1n) is 6.78. The number of nitrogens with one attached hydrogen (secondary N) is 1. The lowest BCUT2D eigenvalue weighted by Gasteiger charge is -2.23. The summed E-state index contributed by atoms with van der Waals surface area (Å²) in [7, 11) is 0. The van der Waals surface area contributed by atoms with Crippen LogP contribution in [-0.2, 0) is 0 Å². The predicted octanol–water partition coefficient (Wildman–Crippen LogP) is 4.11. The number of non-ortho nitro benzene ring substituents is 1. The van der Waals surface area contributed by atoms with E-state index in [4.69, 9.17) is 0 Å². The number of rotatable bonds is 3. The molecule has 1 aliphatic rings. The third kappa shape index (κ3) is 3.66. The molecular weight excluding hydrogens is 247 g/mol. The Morgan fingerprint density at radius 3 is 2.74 bits per heavy atom. The van der Waals surface area contributed by atoms with Crippen molar-refractivity contribution >= 4 is 11.4 Å². The smallest absolute Gasteiger partial charge is 0.274 e. The number of anilines is 1. The molecule has 1 aromatic carbocycles. The number of hydrogen-bond acceptors (Lipinski definition) is 3. The van der Waals surface area contributed by atoms with Gasteiger partial charge in [0.25, 0.3) is 5.69 Å². The van der Waals surface area contributed by atoms with Gasteiger partial charge in [0.05, 0.1) is 11.0 Å². The highest BCUT2D eigenvalue weighted by Crippen LogP contribution is 2.27. The molecule has 0 bridgehead atoms. The van der Waals surface area contributed by atoms with Crippen molar-refractivity contribution in [1.82, 2.24) is 0 Å². The minimum absolute atomic E-state index is 0.205. The van der Waals surface area contributed by atoms with E-state index >= 15 is 0 Å². The van der Waals surface area contributed by atoms with Crippen molar-refractivity contribution < 1.29 is 9.31 Å². The molecule has 1 saturated carbocycles. The lowest BCUT2D eigenvalue weighted by atomic mass is 9.96. The van der Waals surface area contributed by atoms with Gasteiger partial charge < -0.3 is 5.32 Å². The van der Waals surface area contributed by atoms with Gasteiger partial charge in [0.2, 0.25) is 0 Å². The molecular formula is C14H19FN2O2.